The van der Waals surface area contributed by atoms with Crippen molar-refractivity contribution in [2.45, 2.75) is 6.42 Å². The molecule has 2 nitrogen and oxygen atoms in total. The van der Waals surface area contributed by atoms with E-state index in [9.17, 15) is 4.79 Å². The Balaban J connectivity index is 1.95. The van der Waals surface area contributed by atoms with Gasteiger partial charge in [0, 0.05) is 10.3 Å². The highest BCUT2D eigenvalue weighted by atomic mass is 32.2. The van der Waals surface area contributed by atoms with Crippen LogP contribution in [-0.4, -0.2) is 24.4 Å². The molecule has 1 saturated heterocycles. The molecule has 0 saturated carbocycles. The number of carbonyl (C=O) groups is 1. The third kappa shape index (κ3) is 4.80. The molecule has 0 aliphatic carbocycles. The highest BCUT2D eigenvalue weighted by molar-refractivity contribution is 8.22. The summed E-state index contributed by atoms with van der Waals surface area (Å²) in [6, 6.07) is 7.63. The molecule has 1 heterocycles. The summed E-state index contributed by atoms with van der Waals surface area (Å²) in [7, 11) is 1.64. The van der Waals surface area contributed by atoms with E-state index >= 15 is 0 Å². The van der Waals surface area contributed by atoms with Gasteiger partial charge < -0.3 is 4.74 Å². The smallest absolute Gasteiger partial charge is 0.180 e. The Kier molecular flexibility index (Phi) is 5.61. The zero-order valence-electron chi connectivity index (χ0n) is 10.8. The lowest BCUT2D eigenvalue weighted by atomic mass is 10.2. The maximum absolute atomic E-state index is 11.8. The summed E-state index contributed by atoms with van der Waals surface area (Å²) in [5, 5.41) is 0. The third-order valence-corrected chi connectivity index (χ3v) is 5.09. The van der Waals surface area contributed by atoms with E-state index < -0.39 is 0 Å². The molecule has 0 amide bonds. The van der Waals surface area contributed by atoms with Gasteiger partial charge in [0.2, 0.25) is 0 Å². The van der Waals surface area contributed by atoms with Crippen molar-refractivity contribution >= 4 is 35.4 Å². The summed E-state index contributed by atoms with van der Waals surface area (Å²) in [6.45, 7) is 0. The first-order valence-electron chi connectivity index (χ1n) is 6.11. The van der Waals surface area contributed by atoms with Crippen LogP contribution in [0.3, 0.4) is 0 Å². The molecule has 1 fully saturated rings. The van der Waals surface area contributed by atoms with Gasteiger partial charge in [0.05, 0.1) is 7.11 Å². The molecule has 19 heavy (non-hydrogen) atoms. The number of rotatable bonds is 4. The number of hydrogen-bond donors (Lipinski definition) is 0. The number of hydrogen-bond acceptors (Lipinski definition) is 4. The van der Waals surface area contributed by atoms with Crippen molar-refractivity contribution in [2.75, 3.05) is 18.6 Å². The Morgan fingerprint density at radius 3 is 2.53 bits per heavy atom. The van der Waals surface area contributed by atoms with E-state index in [0.717, 1.165) is 27.1 Å². The predicted octanol–water partition coefficient (Wildman–Crippen LogP) is 3.99. The monoisotopic (exact) mass is 292 g/mol. The lowest BCUT2D eigenvalue weighted by molar-refractivity contribution is -0.110. The van der Waals surface area contributed by atoms with Gasteiger partial charge in [-0.1, -0.05) is 18.2 Å². The average Bonchev–Trinajstić information content (AvgIpc) is 2.47. The number of methoxy groups -OCH3 is 1. The minimum Gasteiger partial charge on any atom is -0.497 e. The molecular weight excluding hydrogens is 276 g/mol. The van der Waals surface area contributed by atoms with Crippen LogP contribution in [0, 0.1) is 0 Å². The first-order valence-corrected chi connectivity index (χ1v) is 8.08. The molecule has 0 aromatic heterocycles. The molecule has 0 N–H and O–H groups in total. The molecule has 0 unspecified atom stereocenters. The second-order valence-electron chi connectivity index (χ2n) is 4.02. The summed E-state index contributed by atoms with van der Waals surface area (Å²) in [5.74, 6) is 3.11. The summed E-state index contributed by atoms with van der Waals surface area (Å²) in [6.07, 6.45) is 6.40. The third-order valence-electron chi connectivity index (χ3n) is 2.59. The lowest BCUT2D eigenvalue weighted by Crippen LogP contribution is -1.94. The van der Waals surface area contributed by atoms with Crippen LogP contribution in [0.4, 0.5) is 0 Å². The van der Waals surface area contributed by atoms with Gasteiger partial charge >= 0.3 is 0 Å². The first-order chi connectivity index (χ1) is 9.28. The first kappa shape index (κ1) is 14.3. The van der Waals surface area contributed by atoms with E-state index in [4.69, 9.17) is 4.74 Å². The number of thioether (sulfide) groups is 2. The maximum Gasteiger partial charge on any atom is 0.180 e. The van der Waals surface area contributed by atoms with E-state index in [1.165, 1.54) is 6.42 Å². The highest BCUT2D eigenvalue weighted by Gasteiger charge is 2.07. The number of benzene rings is 1. The molecule has 1 aromatic rings. The van der Waals surface area contributed by atoms with Crippen LogP contribution in [0.25, 0.3) is 6.08 Å². The summed E-state index contributed by atoms with van der Waals surface area (Å²) in [5.41, 5.74) is 0.997. The van der Waals surface area contributed by atoms with Crippen LogP contribution < -0.4 is 4.74 Å². The van der Waals surface area contributed by atoms with E-state index in [-0.39, 0.29) is 5.78 Å². The van der Waals surface area contributed by atoms with Crippen LogP contribution in [0.5, 0.6) is 5.75 Å². The second kappa shape index (κ2) is 7.46. The van der Waals surface area contributed by atoms with Crippen LogP contribution in [0.1, 0.15) is 12.0 Å². The summed E-state index contributed by atoms with van der Waals surface area (Å²) >= 11 is 3.54. The van der Waals surface area contributed by atoms with Crippen LogP contribution in [-0.2, 0) is 4.79 Å². The fraction of sp³-hybridized carbons (Fsp3) is 0.267. The minimum atomic E-state index is 0.0488. The topological polar surface area (TPSA) is 26.3 Å². The van der Waals surface area contributed by atoms with E-state index in [1.807, 2.05) is 30.3 Å². The summed E-state index contributed by atoms with van der Waals surface area (Å²) < 4.78 is 6.22. The average molecular weight is 292 g/mol. The minimum absolute atomic E-state index is 0.0488. The van der Waals surface area contributed by atoms with Crippen LogP contribution in [0.2, 0.25) is 0 Å². The molecule has 1 aromatic carbocycles. The van der Waals surface area contributed by atoms with Crippen molar-refractivity contribution < 1.29 is 9.53 Å². The van der Waals surface area contributed by atoms with Crippen molar-refractivity contribution in [1.82, 2.24) is 0 Å². The zero-order valence-corrected chi connectivity index (χ0v) is 12.4. The predicted molar refractivity (Wildman–Crippen MR) is 84.7 cm³/mol. The van der Waals surface area contributed by atoms with Crippen molar-refractivity contribution in [3.05, 3.63) is 46.2 Å². The fourth-order valence-corrected chi connectivity index (χ4v) is 3.98. The Bertz CT molecular complexity index is 481. The van der Waals surface area contributed by atoms with Gasteiger partial charge in [-0.3, -0.25) is 4.79 Å². The molecule has 0 radical (unpaired) electrons. The van der Waals surface area contributed by atoms with Crippen molar-refractivity contribution in [3.8, 4) is 5.75 Å². The maximum atomic E-state index is 11.8. The number of ether oxygens (including phenoxy) is 1. The second-order valence-corrected chi connectivity index (χ2v) is 6.55. The number of carbonyl (C=O) groups excluding carboxylic acids is 1. The SMILES string of the molecule is COc1ccc(C=CC(=O)C=C2SCCCS2)cc1. The number of ketones is 1. The Morgan fingerprint density at radius 1 is 1.21 bits per heavy atom. The van der Waals surface area contributed by atoms with Gasteiger partial charge in [0.1, 0.15) is 5.75 Å². The fourth-order valence-electron chi connectivity index (χ4n) is 1.59. The Hall–Kier alpha value is -1.13. The molecular formula is C15H16O2S2. The molecule has 0 spiro atoms. The van der Waals surface area contributed by atoms with Gasteiger partial charge in [0.25, 0.3) is 0 Å². The van der Waals surface area contributed by atoms with Crippen molar-refractivity contribution in [1.29, 1.82) is 0 Å². The Morgan fingerprint density at radius 2 is 1.89 bits per heavy atom. The lowest BCUT2D eigenvalue weighted by Gasteiger charge is -2.11. The molecule has 0 atom stereocenters. The Labute approximate surface area is 122 Å². The van der Waals surface area contributed by atoms with E-state index in [1.54, 1.807) is 42.8 Å². The normalized spacial score (nSPS) is 15.5. The molecule has 1 aliphatic rings. The largest absolute Gasteiger partial charge is 0.497 e. The molecule has 100 valence electrons. The van der Waals surface area contributed by atoms with Gasteiger partial charge in [-0.15, -0.1) is 23.5 Å². The van der Waals surface area contributed by atoms with E-state index in [2.05, 4.69) is 0 Å². The standard InChI is InChI=1S/C15H16O2S2/c1-17-14-7-4-12(5-8-14)3-6-13(16)11-15-18-9-2-10-19-15/h3-8,11H,2,9-10H2,1H3. The van der Waals surface area contributed by atoms with Crippen LogP contribution >= 0.6 is 23.5 Å². The van der Waals surface area contributed by atoms with Gasteiger partial charge in [-0.05, 0) is 41.7 Å². The van der Waals surface area contributed by atoms with Crippen molar-refractivity contribution in [3.63, 3.8) is 0 Å². The molecule has 4 heteroatoms. The van der Waals surface area contributed by atoms with Gasteiger partial charge in [-0.2, -0.15) is 0 Å². The van der Waals surface area contributed by atoms with Crippen molar-refractivity contribution in [2.24, 2.45) is 0 Å². The van der Waals surface area contributed by atoms with Gasteiger partial charge in [-0.25, -0.2) is 0 Å². The van der Waals surface area contributed by atoms with E-state index in [0.29, 0.717) is 0 Å². The van der Waals surface area contributed by atoms with Gasteiger partial charge in [0.15, 0.2) is 5.78 Å². The quantitative estimate of drug-likeness (QED) is 0.784. The number of allylic oxidation sites excluding steroid dienone is 2. The summed E-state index contributed by atoms with van der Waals surface area (Å²) in [4.78, 5) is 11.8. The van der Waals surface area contributed by atoms with Crippen LogP contribution in [0.15, 0.2) is 40.7 Å². The molecule has 0 bridgehead atoms. The molecule has 2 rings (SSSR count). The highest BCUT2D eigenvalue weighted by Crippen LogP contribution is 2.34. The zero-order chi connectivity index (χ0) is 13.5. The molecule has 1 aliphatic heterocycles.